The molecule has 1 atom stereocenters. The second kappa shape index (κ2) is 7.25. The number of aliphatic hydroxyl groups is 1. The highest BCUT2D eigenvalue weighted by atomic mass is 16.5. The lowest BCUT2D eigenvalue weighted by molar-refractivity contribution is 0.0242. The van der Waals surface area contributed by atoms with Gasteiger partial charge in [0.1, 0.15) is 0 Å². The number of aliphatic hydroxyl groups excluding tert-OH is 1. The Balaban J connectivity index is 4.28. The number of ether oxygens (including phenoxy) is 1. The fourth-order valence-electron chi connectivity index (χ4n) is 1.68. The summed E-state index contributed by atoms with van der Waals surface area (Å²) in [4.78, 5) is 2.38. The lowest BCUT2D eigenvalue weighted by Crippen LogP contribution is -2.43. The van der Waals surface area contributed by atoms with Crippen LogP contribution in [0.5, 0.6) is 0 Å². The summed E-state index contributed by atoms with van der Waals surface area (Å²) in [5.74, 6) is 0.640. The Bertz CT molecular complexity index is 179. The van der Waals surface area contributed by atoms with Crippen molar-refractivity contribution in [1.82, 2.24) is 4.90 Å². The van der Waals surface area contributed by atoms with Crippen LogP contribution in [0.1, 0.15) is 34.6 Å². The van der Waals surface area contributed by atoms with Crippen molar-refractivity contribution < 1.29 is 9.84 Å². The molecule has 0 rings (SSSR count). The number of hydrogen-bond donors (Lipinski definition) is 1. The molecule has 3 heteroatoms. The van der Waals surface area contributed by atoms with Crippen LogP contribution in [0.2, 0.25) is 0 Å². The average Bonchev–Trinajstić information content (AvgIpc) is 2.12. The topological polar surface area (TPSA) is 32.7 Å². The smallest absolute Gasteiger partial charge is 0.0589 e. The Morgan fingerprint density at radius 1 is 1.25 bits per heavy atom. The third-order valence-electron chi connectivity index (χ3n) is 3.00. The highest BCUT2D eigenvalue weighted by Crippen LogP contribution is 2.22. The standard InChI is InChI=1S/C13H29NO2/c1-11(2)9-14(7-8-16-6)10-13(4,5)12(3)15/h11-12,15H,7-10H2,1-6H3. The minimum atomic E-state index is -0.287. The van der Waals surface area contributed by atoms with Gasteiger partial charge >= 0.3 is 0 Å². The van der Waals surface area contributed by atoms with Crippen molar-refractivity contribution in [3.8, 4) is 0 Å². The van der Waals surface area contributed by atoms with E-state index in [9.17, 15) is 5.11 Å². The van der Waals surface area contributed by atoms with E-state index in [1.165, 1.54) is 0 Å². The van der Waals surface area contributed by atoms with E-state index in [1.807, 2.05) is 6.92 Å². The van der Waals surface area contributed by atoms with E-state index in [-0.39, 0.29) is 11.5 Å². The first-order valence-electron chi connectivity index (χ1n) is 6.19. The van der Waals surface area contributed by atoms with Gasteiger partial charge in [0.15, 0.2) is 0 Å². The maximum Gasteiger partial charge on any atom is 0.0589 e. The first kappa shape index (κ1) is 15.9. The Morgan fingerprint density at radius 3 is 2.19 bits per heavy atom. The maximum absolute atomic E-state index is 9.73. The largest absolute Gasteiger partial charge is 0.393 e. The monoisotopic (exact) mass is 231 g/mol. The molecule has 1 N–H and O–H groups in total. The molecule has 0 bridgehead atoms. The molecule has 0 aliphatic rings. The van der Waals surface area contributed by atoms with Crippen molar-refractivity contribution in [1.29, 1.82) is 0 Å². The van der Waals surface area contributed by atoms with Crippen LogP contribution in [0, 0.1) is 11.3 Å². The van der Waals surface area contributed by atoms with E-state index >= 15 is 0 Å². The van der Waals surface area contributed by atoms with Gasteiger partial charge in [-0.3, -0.25) is 0 Å². The number of nitrogens with zero attached hydrogens (tertiary/aromatic N) is 1. The van der Waals surface area contributed by atoms with E-state index in [0.29, 0.717) is 5.92 Å². The van der Waals surface area contributed by atoms with Crippen LogP contribution >= 0.6 is 0 Å². The molecule has 0 heterocycles. The van der Waals surface area contributed by atoms with Crippen LogP contribution in [0.15, 0.2) is 0 Å². The molecule has 16 heavy (non-hydrogen) atoms. The molecule has 0 saturated heterocycles. The van der Waals surface area contributed by atoms with E-state index < -0.39 is 0 Å². The summed E-state index contributed by atoms with van der Waals surface area (Å²) >= 11 is 0. The highest BCUT2D eigenvalue weighted by molar-refractivity contribution is 4.79. The molecule has 0 aliphatic carbocycles. The van der Waals surface area contributed by atoms with Gasteiger partial charge in [-0.05, 0) is 12.8 Å². The molecule has 0 amide bonds. The zero-order valence-corrected chi connectivity index (χ0v) is 11.8. The van der Waals surface area contributed by atoms with Gasteiger partial charge in [-0.15, -0.1) is 0 Å². The molecule has 0 aliphatic heterocycles. The SMILES string of the molecule is COCCN(CC(C)C)CC(C)(C)C(C)O. The molecule has 0 fully saturated rings. The first-order chi connectivity index (χ1) is 7.29. The maximum atomic E-state index is 9.73. The molecule has 1 unspecified atom stereocenters. The van der Waals surface area contributed by atoms with Crippen LogP contribution in [-0.2, 0) is 4.74 Å². The van der Waals surface area contributed by atoms with Crippen LogP contribution < -0.4 is 0 Å². The molecule has 0 spiro atoms. The van der Waals surface area contributed by atoms with Crippen molar-refractivity contribution in [3.05, 3.63) is 0 Å². The van der Waals surface area contributed by atoms with Crippen LogP contribution in [-0.4, -0.2) is 49.5 Å². The minimum Gasteiger partial charge on any atom is -0.393 e. The summed E-state index contributed by atoms with van der Waals surface area (Å²) in [6, 6.07) is 0. The van der Waals surface area contributed by atoms with Gasteiger partial charge in [0.25, 0.3) is 0 Å². The normalized spacial score (nSPS) is 14.8. The van der Waals surface area contributed by atoms with Gasteiger partial charge in [-0.25, -0.2) is 0 Å². The van der Waals surface area contributed by atoms with E-state index in [0.717, 1.165) is 26.2 Å². The van der Waals surface area contributed by atoms with Gasteiger partial charge in [0, 0.05) is 32.2 Å². The zero-order chi connectivity index (χ0) is 12.8. The Hall–Kier alpha value is -0.120. The van der Waals surface area contributed by atoms with E-state index in [2.05, 4.69) is 32.6 Å². The van der Waals surface area contributed by atoms with E-state index in [1.54, 1.807) is 7.11 Å². The minimum absolute atomic E-state index is 0.0668. The van der Waals surface area contributed by atoms with Crippen molar-refractivity contribution in [2.75, 3.05) is 33.4 Å². The fraction of sp³-hybridized carbons (Fsp3) is 1.00. The average molecular weight is 231 g/mol. The van der Waals surface area contributed by atoms with Gasteiger partial charge < -0.3 is 14.7 Å². The first-order valence-corrected chi connectivity index (χ1v) is 6.19. The predicted octanol–water partition coefficient (Wildman–Crippen LogP) is 2.00. The quantitative estimate of drug-likeness (QED) is 0.693. The molecule has 98 valence electrons. The van der Waals surface area contributed by atoms with E-state index in [4.69, 9.17) is 4.74 Å². The lowest BCUT2D eigenvalue weighted by Gasteiger charge is -2.35. The summed E-state index contributed by atoms with van der Waals surface area (Å²) in [5.41, 5.74) is -0.0668. The Labute approximate surface area is 101 Å². The van der Waals surface area contributed by atoms with Gasteiger partial charge in [0.2, 0.25) is 0 Å². The lowest BCUT2D eigenvalue weighted by atomic mass is 9.86. The van der Waals surface area contributed by atoms with Gasteiger partial charge in [0.05, 0.1) is 12.7 Å². The van der Waals surface area contributed by atoms with Crippen molar-refractivity contribution >= 4 is 0 Å². The van der Waals surface area contributed by atoms with Gasteiger partial charge in [-0.2, -0.15) is 0 Å². The zero-order valence-electron chi connectivity index (χ0n) is 11.8. The van der Waals surface area contributed by atoms with Crippen molar-refractivity contribution in [3.63, 3.8) is 0 Å². The molecule has 0 aromatic carbocycles. The fourth-order valence-corrected chi connectivity index (χ4v) is 1.68. The Kier molecular flexibility index (Phi) is 7.20. The molecule has 0 aromatic heterocycles. The molecular weight excluding hydrogens is 202 g/mol. The van der Waals surface area contributed by atoms with Crippen LogP contribution in [0.25, 0.3) is 0 Å². The summed E-state index contributed by atoms with van der Waals surface area (Å²) in [6.45, 7) is 14.2. The summed E-state index contributed by atoms with van der Waals surface area (Å²) in [6.07, 6.45) is -0.287. The molecule has 3 nitrogen and oxygen atoms in total. The number of rotatable bonds is 8. The third-order valence-corrected chi connectivity index (χ3v) is 3.00. The van der Waals surface area contributed by atoms with Gasteiger partial charge in [-0.1, -0.05) is 27.7 Å². The number of hydrogen-bond acceptors (Lipinski definition) is 3. The predicted molar refractivity (Wildman–Crippen MR) is 68.6 cm³/mol. The molecule has 0 saturated carbocycles. The number of methoxy groups -OCH3 is 1. The second-order valence-corrected chi connectivity index (χ2v) is 5.79. The summed E-state index contributed by atoms with van der Waals surface area (Å²) in [5, 5.41) is 9.73. The highest BCUT2D eigenvalue weighted by Gasteiger charge is 2.27. The molecular formula is C13H29NO2. The van der Waals surface area contributed by atoms with Crippen LogP contribution in [0.4, 0.5) is 0 Å². The summed E-state index contributed by atoms with van der Waals surface area (Å²) in [7, 11) is 1.73. The Morgan fingerprint density at radius 2 is 1.81 bits per heavy atom. The van der Waals surface area contributed by atoms with Crippen LogP contribution in [0.3, 0.4) is 0 Å². The molecule has 0 radical (unpaired) electrons. The van der Waals surface area contributed by atoms with Crippen molar-refractivity contribution in [2.24, 2.45) is 11.3 Å². The molecule has 0 aromatic rings. The third kappa shape index (κ3) is 6.46. The van der Waals surface area contributed by atoms with Crippen molar-refractivity contribution in [2.45, 2.75) is 40.7 Å². The second-order valence-electron chi connectivity index (χ2n) is 5.79. The summed E-state index contributed by atoms with van der Waals surface area (Å²) < 4.78 is 5.12.